The van der Waals surface area contributed by atoms with Gasteiger partial charge < -0.3 is 15.0 Å². The fourth-order valence-corrected chi connectivity index (χ4v) is 2.95. The van der Waals surface area contributed by atoms with E-state index in [0.29, 0.717) is 17.7 Å². The van der Waals surface area contributed by atoms with Gasteiger partial charge >= 0.3 is 0 Å². The molecule has 4 heteroatoms. The zero-order valence-corrected chi connectivity index (χ0v) is 13.2. The summed E-state index contributed by atoms with van der Waals surface area (Å²) in [6.45, 7) is 8.45. The lowest BCUT2D eigenvalue weighted by Gasteiger charge is -2.32. The summed E-state index contributed by atoms with van der Waals surface area (Å²) in [4.78, 5) is 2.54. The molecule has 1 aliphatic heterocycles. The molecule has 0 bridgehead atoms. The number of likely N-dealkylation sites (tertiary alicyclic amines) is 1. The van der Waals surface area contributed by atoms with Gasteiger partial charge in [0, 0.05) is 24.8 Å². The minimum absolute atomic E-state index is 0.553. The van der Waals surface area contributed by atoms with Gasteiger partial charge in [-0.25, -0.2) is 0 Å². The summed E-state index contributed by atoms with van der Waals surface area (Å²) < 4.78 is 5.46. The van der Waals surface area contributed by atoms with Crippen molar-refractivity contribution in [3.63, 3.8) is 0 Å². The van der Waals surface area contributed by atoms with E-state index in [2.05, 4.69) is 23.2 Å². The number of nitrogens with one attached hydrogen (secondary N) is 1. The molecule has 1 heterocycles. The number of piperidine rings is 1. The Balaban J connectivity index is 1.86. The molecular weight excluding hydrogens is 272 g/mol. The average Bonchev–Trinajstić information content (AvgIpc) is 2.44. The molecule has 2 rings (SSSR count). The maximum atomic E-state index is 6.22. The van der Waals surface area contributed by atoms with Crippen molar-refractivity contribution < 1.29 is 4.74 Å². The van der Waals surface area contributed by atoms with Crippen LogP contribution in [0.1, 0.15) is 33.1 Å². The van der Waals surface area contributed by atoms with Crippen LogP contribution in [-0.2, 0) is 0 Å². The van der Waals surface area contributed by atoms with Crippen LogP contribution in [0.25, 0.3) is 0 Å². The first kappa shape index (κ1) is 15.5. The van der Waals surface area contributed by atoms with Crippen LogP contribution in [0.4, 0.5) is 5.69 Å². The lowest BCUT2D eigenvalue weighted by molar-refractivity contribution is 0.219. The molecule has 3 nitrogen and oxygen atoms in total. The third-order valence-electron chi connectivity index (χ3n) is 3.73. The van der Waals surface area contributed by atoms with Crippen LogP contribution in [0.3, 0.4) is 0 Å². The molecule has 112 valence electrons. The summed E-state index contributed by atoms with van der Waals surface area (Å²) in [7, 11) is 0. The number of nitrogens with zero attached hydrogens (tertiary/aromatic N) is 1. The van der Waals surface area contributed by atoms with Gasteiger partial charge in [0.2, 0.25) is 0 Å². The Kier molecular flexibility index (Phi) is 5.99. The average molecular weight is 297 g/mol. The first-order chi connectivity index (χ1) is 9.72. The van der Waals surface area contributed by atoms with E-state index in [1.165, 1.54) is 38.9 Å². The van der Waals surface area contributed by atoms with Gasteiger partial charge in [0.25, 0.3) is 0 Å². The molecule has 0 radical (unpaired) electrons. The maximum Gasteiger partial charge on any atom is 0.138 e. The monoisotopic (exact) mass is 296 g/mol. The zero-order chi connectivity index (χ0) is 14.4. The molecule has 1 aliphatic rings. The first-order valence-corrected chi connectivity index (χ1v) is 8.02. The van der Waals surface area contributed by atoms with E-state index in [0.717, 1.165) is 11.4 Å². The molecule has 0 amide bonds. The van der Waals surface area contributed by atoms with E-state index in [1.54, 1.807) is 0 Å². The number of ether oxygens (including phenoxy) is 1. The molecule has 0 spiro atoms. The molecule has 1 aromatic carbocycles. The number of hydrogen-bond acceptors (Lipinski definition) is 3. The van der Waals surface area contributed by atoms with Crippen LogP contribution >= 0.6 is 11.6 Å². The van der Waals surface area contributed by atoms with Gasteiger partial charge in [-0.05, 0) is 50.9 Å². The van der Waals surface area contributed by atoms with E-state index < -0.39 is 0 Å². The highest BCUT2D eigenvalue weighted by molar-refractivity contribution is 6.32. The summed E-state index contributed by atoms with van der Waals surface area (Å²) >= 11 is 6.22. The van der Waals surface area contributed by atoms with Crippen molar-refractivity contribution in [2.45, 2.75) is 39.2 Å². The summed E-state index contributed by atoms with van der Waals surface area (Å²) in [6.07, 6.45) is 3.64. The topological polar surface area (TPSA) is 24.5 Å². The second kappa shape index (κ2) is 7.75. The Hall–Kier alpha value is -0.930. The summed E-state index contributed by atoms with van der Waals surface area (Å²) in [6, 6.07) is 6.51. The fourth-order valence-electron chi connectivity index (χ4n) is 2.72. The summed E-state index contributed by atoms with van der Waals surface area (Å²) in [5, 5.41) is 4.27. The van der Waals surface area contributed by atoms with E-state index >= 15 is 0 Å². The molecule has 0 aromatic heterocycles. The Bertz CT molecular complexity index is 417. The lowest BCUT2D eigenvalue weighted by Crippen LogP contribution is -2.39. The highest BCUT2D eigenvalue weighted by atomic mass is 35.5. The standard InChI is InChI=1S/C16H25ClN2O/c1-3-9-19-10-7-13(8-11-19)18-14-5-6-16(20-4-2)15(17)12-14/h5-6,12-13,18H,3-4,7-11H2,1-2H3. The Labute approximate surface area is 127 Å². The van der Waals surface area contributed by atoms with Gasteiger partial charge in [-0.1, -0.05) is 18.5 Å². The molecular formula is C16H25ClN2O. The van der Waals surface area contributed by atoms with E-state index in [9.17, 15) is 0 Å². The van der Waals surface area contributed by atoms with Crippen LogP contribution in [0.5, 0.6) is 5.75 Å². The van der Waals surface area contributed by atoms with E-state index in [4.69, 9.17) is 16.3 Å². The quantitative estimate of drug-likeness (QED) is 0.858. The molecule has 1 fully saturated rings. The lowest BCUT2D eigenvalue weighted by atomic mass is 10.0. The predicted molar refractivity (Wildman–Crippen MR) is 86.0 cm³/mol. The highest BCUT2D eigenvalue weighted by Gasteiger charge is 2.18. The van der Waals surface area contributed by atoms with Gasteiger partial charge in [-0.2, -0.15) is 0 Å². The van der Waals surface area contributed by atoms with Crippen LogP contribution in [0.2, 0.25) is 5.02 Å². The number of anilines is 1. The molecule has 0 unspecified atom stereocenters. The largest absolute Gasteiger partial charge is 0.492 e. The number of halogens is 1. The molecule has 1 aromatic rings. The minimum atomic E-state index is 0.553. The Morgan fingerprint density at radius 3 is 2.65 bits per heavy atom. The van der Waals surface area contributed by atoms with Crippen molar-refractivity contribution in [2.24, 2.45) is 0 Å². The third-order valence-corrected chi connectivity index (χ3v) is 4.03. The van der Waals surface area contributed by atoms with Crippen molar-refractivity contribution in [1.29, 1.82) is 0 Å². The molecule has 20 heavy (non-hydrogen) atoms. The predicted octanol–water partition coefficient (Wildman–Crippen LogP) is 4.03. The van der Waals surface area contributed by atoms with Crippen LogP contribution < -0.4 is 10.1 Å². The van der Waals surface area contributed by atoms with E-state index in [1.807, 2.05) is 19.1 Å². The van der Waals surface area contributed by atoms with Crippen molar-refractivity contribution in [1.82, 2.24) is 4.90 Å². The van der Waals surface area contributed by atoms with Crippen LogP contribution in [-0.4, -0.2) is 37.2 Å². The van der Waals surface area contributed by atoms with Crippen LogP contribution in [0.15, 0.2) is 18.2 Å². The Morgan fingerprint density at radius 1 is 1.30 bits per heavy atom. The smallest absolute Gasteiger partial charge is 0.138 e. The molecule has 0 atom stereocenters. The van der Waals surface area contributed by atoms with Gasteiger partial charge in [0.1, 0.15) is 5.75 Å². The zero-order valence-electron chi connectivity index (χ0n) is 12.5. The summed E-state index contributed by atoms with van der Waals surface area (Å²) in [5.74, 6) is 0.762. The van der Waals surface area contributed by atoms with Crippen molar-refractivity contribution in [2.75, 3.05) is 31.6 Å². The van der Waals surface area contributed by atoms with Crippen molar-refractivity contribution in [3.05, 3.63) is 23.2 Å². The van der Waals surface area contributed by atoms with Crippen LogP contribution in [0, 0.1) is 0 Å². The van der Waals surface area contributed by atoms with Crippen molar-refractivity contribution >= 4 is 17.3 Å². The SMILES string of the molecule is CCCN1CCC(Nc2ccc(OCC)c(Cl)c2)CC1. The highest BCUT2D eigenvalue weighted by Crippen LogP contribution is 2.28. The minimum Gasteiger partial charge on any atom is -0.492 e. The number of rotatable bonds is 6. The third kappa shape index (κ3) is 4.29. The number of hydrogen-bond donors (Lipinski definition) is 1. The molecule has 0 saturated carbocycles. The van der Waals surface area contributed by atoms with E-state index in [-0.39, 0.29) is 0 Å². The molecule has 0 aliphatic carbocycles. The second-order valence-corrected chi connectivity index (χ2v) is 5.75. The fraction of sp³-hybridized carbons (Fsp3) is 0.625. The first-order valence-electron chi connectivity index (χ1n) is 7.64. The molecule has 1 N–H and O–H groups in total. The number of benzene rings is 1. The van der Waals surface area contributed by atoms with Gasteiger partial charge in [-0.3, -0.25) is 0 Å². The van der Waals surface area contributed by atoms with Gasteiger partial charge in [0.05, 0.1) is 11.6 Å². The maximum absolute atomic E-state index is 6.22. The second-order valence-electron chi connectivity index (χ2n) is 5.34. The normalized spacial score (nSPS) is 17.1. The van der Waals surface area contributed by atoms with Crippen molar-refractivity contribution in [3.8, 4) is 5.75 Å². The van der Waals surface area contributed by atoms with Gasteiger partial charge in [-0.15, -0.1) is 0 Å². The van der Waals surface area contributed by atoms with Gasteiger partial charge in [0.15, 0.2) is 0 Å². The Morgan fingerprint density at radius 2 is 2.05 bits per heavy atom. The molecule has 1 saturated heterocycles. The summed E-state index contributed by atoms with van der Waals surface area (Å²) in [5.41, 5.74) is 1.09.